The van der Waals surface area contributed by atoms with E-state index in [2.05, 4.69) is 14.9 Å². The predicted molar refractivity (Wildman–Crippen MR) is 70.0 cm³/mol. The summed E-state index contributed by atoms with van der Waals surface area (Å²) in [5, 5.41) is 11.7. The monoisotopic (exact) mass is 278 g/mol. The zero-order valence-corrected chi connectivity index (χ0v) is 11.2. The number of carboxylic acids is 1. The number of hydrogen-bond donors (Lipinski definition) is 2. The zero-order valence-electron chi connectivity index (χ0n) is 11.2. The molecule has 1 unspecified atom stereocenters. The highest BCUT2D eigenvalue weighted by molar-refractivity contribution is 5.86. The molecule has 2 N–H and O–H groups in total. The molecule has 2 fully saturated rings. The lowest BCUT2D eigenvalue weighted by molar-refractivity contribution is -0.143. The maximum atomic E-state index is 11.9. The summed E-state index contributed by atoms with van der Waals surface area (Å²) in [6.45, 7) is 1.80. The van der Waals surface area contributed by atoms with E-state index in [1.165, 1.54) is 12.8 Å². The lowest BCUT2D eigenvalue weighted by Gasteiger charge is -2.34. The van der Waals surface area contributed by atoms with Crippen LogP contribution in [0.5, 0.6) is 0 Å². The van der Waals surface area contributed by atoms with Crippen LogP contribution in [0.1, 0.15) is 31.0 Å². The maximum Gasteiger partial charge on any atom is 0.305 e. The van der Waals surface area contributed by atoms with Gasteiger partial charge in [-0.2, -0.15) is 0 Å². The summed E-state index contributed by atoms with van der Waals surface area (Å²) < 4.78 is 2.14. The first-order valence-corrected chi connectivity index (χ1v) is 6.89. The van der Waals surface area contributed by atoms with Crippen LogP contribution < -0.4 is 5.32 Å². The molecule has 1 aromatic rings. The number of nitrogens with zero attached hydrogens (tertiary/aromatic N) is 3. The van der Waals surface area contributed by atoms with Gasteiger partial charge in [0.15, 0.2) is 0 Å². The van der Waals surface area contributed by atoms with Crippen molar-refractivity contribution in [2.45, 2.75) is 37.9 Å². The molecule has 1 atom stereocenters. The van der Waals surface area contributed by atoms with Crippen LogP contribution >= 0.6 is 0 Å². The Kier molecular flexibility index (Phi) is 3.43. The smallest absolute Gasteiger partial charge is 0.305 e. The largest absolute Gasteiger partial charge is 0.481 e. The molecule has 0 bridgehead atoms. The van der Waals surface area contributed by atoms with E-state index in [4.69, 9.17) is 5.11 Å². The standard InChI is InChI=1S/C13H18N4O3/c18-12(19)5-11-13(20)15-3-4-16(11)7-10-6-14-8-17(10)9-1-2-9/h6,8-9,11H,1-5,7H2,(H,15,20)(H,18,19). The second kappa shape index (κ2) is 5.24. The van der Waals surface area contributed by atoms with E-state index in [1.807, 2.05) is 17.4 Å². The Bertz CT molecular complexity index is 523. The second-order valence-corrected chi connectivity index (χ2v) is 5.40. The maximum absolute atomic E-state index is 11.9. The normalized spacial score (nSPS) is 23.6. The Hall–Kier alpha value is -1.89. The number of rotatable bonds is 5. The minimum absolute atomic E-state index is 0.163. The van der Waals surface area contributed by atoms with Gasteiger partial charge < -0.3 is 15.0 Å². The summed E-state index contributed by atoms with van der Waals surface area (Å²) in [5.74, 6) is -1.15. The van der Waals surface area contributed by atoms with E-state index in [0.29, 0.717) is 25.7 Å². The fourth-order valence-electron chi connectivity index (χ4n) is 2.68. The van der Waals surface area contributed by atoms with Crippen molar-refractivity contribution in [2.75, 3.05) is 13.1 Å². The molecule has 0 aromatic carbocycles. The van der Waals surface area contributed by atoms with Crippen LogP contribution in [0.15, 0.2) is 12.5 Å². The van der Waals surface area contributed by atoms with Gasteiger partial charge in [0.25, 0.3) is 0 Å². The summed E-state index contributed by atoms with van der Waals surface area (Å²) in [4.78, 5) is 28.9. The van der Waals surface area contributed by atoms with Crippen molar-refractivity contribution in [1.29, 1.82) is 0 Å². The number of carbonyl (C=O) groups excluding carboxylic acids is 1. The molecule has 1 amide bonds. The first kappa shape index (κ1) is 13.1. The third-order valence-corrected chi connectivity index (χ3v) is 3.86. The third kappa shape index (κ3) is 2.67. The minimum Gasteiger partial charge on any atom is -0.481 e. The van der Waals surface area contributed by atoms with Crippen molar-refractivity contribution in [3.05, 3.63) is 18.2 Å². The van der Waals surface area contributed by atoms with Crippen molar-refractivity contribution < 1.29 is 14.7 Å². The van der Waals surface area contributed by atoms with Crippen LogP contribution in [-0.2, 0) is 16.1 Å². The SMILES string of the molecule is O=C(O)CC1C(=O)NCCN1Cc1cncn1C1CC1. The Morgan fingerprint density at radius 3 is 3.00 bits per heavy atom. The second-order valence-electron chi connectivity index (χ2n) is 5.40. The molecule has 7 heteroatoms. The average Bonchev–Trinajstić information content (AvgIpc) is 3.14. The topological polar surface area (TPSA) is 87.5 Å². The van der Waals surface area contributed by atoms with Crippen LogP contribution in [0.2, 0.25) is 0 Å². The van der Waals surface area contributed by atoms with Crippen LogP contribution in [0.4, 0.5) is 0 Å². The molecule has 0 radical (unpaired) electrons. The molecule has 1 aliphatic heterocycles. The van der Waals surface area contributed by atoms with Crippen LogP contribution in [0.3, 0.4) is 0 Å². The lowest BCUT2D eigenvalue weighted by atomic mass is 10.1. The number of carbonyl (C=O) groups is 2. The molecular formula is C13H18N4O3. The van der Waals surface area contributed by atoms with E-state index in [0.717, 1.165) is 5.69 Å². The van der Waals surface area contributed by atoms with Crippen LogP contribution in [-0.4, -0.2) is 50.6 Å². The van der Waals surface area contributed by atoms with Gasteiger partial charge >= 0.3 is 5.97 Å². The number of nitrogens with one attached hydrogen (secondary N) is 1. The van der Waals surface area contributed by atoms with Crippen molar-refractivity contribution in [3.63, 3.8) is 0 Å². The molecule has 1 aliphatic carbocycles. The van der Waals surface area contributed by atoms with Crippen molar-refractivity contribution in [1.82, 2.24) is 19.8 Å². The number of imidazole rings is 1. The van der Waals surface area contributed by atoms with Gasteiger partial charge in [-0.3, -0.25) is 14.5 Å². The van der Waals surface area contributed by atoms with Crippen LogP contribution in [0, 0.1) is 0 Å². The highest BCUT2D eigenvalue weighted by atomic mass is 16.4. The highest BCUT2D eigenvalue weighted by Gasteiger charge is 2.33. The molecule has 1 aromatic heterocycles. The Labute approximate surface area is 116 Å². The summed E-state index contributed by atoms with van der Waals surface area (Å²) in [5.41, 5.74) is 1.05. The van der Waals surface area contributed by atoms with Gasteiger partial charge in [0.05, 0.1) is 18.4 Å². The van der Waals surface area contributed by atoms with Crippen LogP contribution in [0.25, 0.3) is 0 Å². The van der Waals surface area contributed by atoms with E-state index in [1.54, 1.807) is 0 Å². The molecular weight excluding hydrogens is 260 g/mol. The summed E-state index contributed by atoms with van der Waals surface area (Å²) >= 11 is 0. The number of hydrogen-bond acceptors (Lipinski definition) is 4. The Morgan fingerprint density at radius 1 is 1.50 bits per heavy atom. The molecule has 0 spiro atoms. The molecule has 1 saturated carbocycles. The summed E-state index contributed by atoms with van der Waals surface area (Å²) in [6, 6.07) is -0.0622. The first-order chi connectivity index (χ1) is 9.65. The van der Waals surface area contributed by atoms with Gasteiger partial charge in [0.1, 0.15) is 6.04 Å². The van der Waals surface area contributed by atoms with Gasteiger partial charge in [-0.25, -0.2) is 4.98 Å². The molecule has 2 heterocycles. The van der Waals surface area contributed by atoms with E-state index in [-0.39, 0.29) is 12.3 Å². The predicted octanol–water partition coefficient (Wildman–Crippen LogP) is -0.00690. The number of carboxylic acid groups (broad SMARTS) is 1. The fourth-order valence-corrected chi connectivity index (χ4v) is 2.68. The first-order valence-electron chi connectivity index (χ1n) is 6.89. The Balaban J connectivity index is 1.74. The quantitative estimate of drug-likeness (QED) is 0.791. The Morgan fingerprint density at radius 2 is 2.30 bits per heavy atom. The summed E-state index contributed by atoms with van der Waals surface area (Å²) in [6.07, 6.45) is 5.81. The van der Waals surface area contributed by atoms with Crippen molar-refractivity contribution >= 4 is 11.9 Å². The average molecular weight is 278 g/mol. The minimum atomic E-state index is -0.951. The molecule has 2 aliphatic rings. The number of aliphatic carboxylic acids is 1. The highest BCUT2D eigenvalue weighted by Crippen LogP contribution is 2.36. The van der Waals surface area contributed by atoms with E-state index < -0.39 is 12.0 Å². The molecule has 1 saturated heterocycles. The molecule has 3 rings (SSSR count). The van der Waals surface area contributed by atoms with E-state index in [9.17, 15) is 9.59 Å². The lowest BCUT2D eigenvalue weighted by Crippen LogP contribution is -2.55. The fraction of sp³-hybridized carbons (Fsp3) is 0.615. The number of aromatic nitrogens is 2. The number of piperazine rings is 1. The van der Waals surface area contributed by atoms with Gasteiger partial charge in [0.2, 0.25) is 5.91 Å². The summed E-state index contributed by atoms with van der Waals surface area (Å²) in [7, 11) is 0. The van der Waals surface area contributed by atoms with Gasteiger partial charge in [0, 0.05) is 31.9 Å². The van der Waals surface area contributed by atoms with Gasteiger partial charge in [-0.1, -0.05) is 0 Å². The molecule has 108 valence electrons. The van der Waals surface area contributed by atoms with Crippen molar-refractivity contribution in [3.8, 4) is 0 Å². The zero-order chi connectivity index (χ0) is 14.1. The number of amides is 1. The van der Waals surface area contributed by atoms with Gasteiger partial charge in [-0.15, -0.1) is 0 Å². The third-order valence-electron chi connectivity index (χ3n) is 3.86. The molecule has 7 nitrogen and oxygen atoms in total. The molecule has 20 heavy (non-hydrogen) atoms. The van der Waals surface area contributed by atoms with E-state index >= 15 is 0 Å². The van der Waals surface area contributed by atoms with Gasteiger partial charge in [-0.05, 0) is 12.8 Å². The van der Waals surface area contributed by atoms with Crippen molar-refractivity contribution in [2.24, 2.45) is 0 Å².